The zero-order chi connectivity index (χ0) is 19.3. The van der Waals surface area contributed by atoms with Gasteiger partial charge in [-0.3, -0.25) is 9.59 Å². The van der Waals surface area contributed by atoms with Gasteiger partial charge in [-0.15, -0.1) is 0 Å². The van der Waals surface area contributed by atoms with E-state index in [0.717, 1.165) is 6.42 Å². The van der Waals surface area contributed by atoms with Crippen molar-refractivity contribution in [2.24, 2.45) is 11.8 Å². The molecule has 1 N–H and O–H groups in total. The van der Waals surface area contributed by atoms with Gasteiger partial charge in [0.2, 0.25) is 0 Å². The highest BCUT2D eigenvalue weighted by atomic mass is 35.5. The Morgan fingerprint density at radius 3 is 2.62 bits per heavy atom. The number of carboxylic acid groups (broad SMARTS) is 1. The highest BCUT2D eigenvalue weighted by Gasteiger charge is 2.32. The van der Waals surface area contributed by atoms with Crippen molar-refractivity contribution in [1.82, 2.24) is 4.90 Å². The topological polar surface area (TPSA) is 76.1 Å². The Morgan fingerprint density at radius 2 is 2.00 bits per heavy atom. The van der Waals surface area contributed by atoms with Crippen LogP contribution in [0.3, 0.4) is 0 Å². The fourth-order valence-corrected chi connectivity index (χ4v) is 3.44. The summed E-state index contributed by atoms with van der Waals surface area (Å²) in [6.07, 6.45) is 1.40. The lowest BCUT2D eigenvalue weighted by molar-refractivity contribution is -0.143. The number of carboxylic acids is 1. The van der Waals surface area contributed by atoms with Crippen molar-refractivity contribution in [3.05, 3.63) is 22.7 Å². The van der Waals surface area contributed by atoms with E-state index in [1.807, 2.05) is 20.8 Å². The molecule has 0 aliphatic carbocycles. The maximum atomic E-state index is 12.9. The smallest absolute Gasteiger partial charge is 0.308 e. The summed E-state index contributed by atoms with van der Waals surface area (Å²) >= 11 is 6.33. The van der Waals surface area contributed by atoms with Gasteiger partial charge in [0.05, 0.1) is 24.2 Å². The maximum Gasteiger partial charge on any atom is 0.308 e. The molecule has 1 heterocycles. The molecule has 0 saturated carbocycles. The Balaban J connectivity index is 2.28. The summed E-state index contributed by atoms with van der Waals surface area (Å²) in [4.78, 5) is 25.9. The van der Waals surface area contributed by atoms with Crippen LogP contribution in [0.4, 0.5) is 0 Å². The van der Waals surface area contributed by atoms with E-state index in [1.54, 1.807) is 17.0 Å². The minimum Gasteiger partial charge on any atom is -0.490 e. The summed E-state index contributed by atoms with van der Waals surface area (Å²) in [7, 11) is 0. The molecular weight excluding hydrogens is 358 g/mol. The van der Waals surface area contributed by atoms with Gasteiger partial charge in [-0.1, -0.05) is 25.4 Å². The molecule has 0 bridgehead atoms. The van der Waals surface area contributed by atoms with Gasteiger partial charge in [0, 0.05) is 18.7 Å². The van der Waals surface area contributed by atoms with E-state index in [-0.39, 0.29) is 18.4 Å². The third-order valence-electron chi connectivity index (χ3n) is 4.30. The summed E-state index contributed by atoms with van der Waals surface area (Å²) in [6.45, 7) is 7.43. The number of amides is 1. The fourth-order valence-electron chi connectivity index (χ4n) is 3.18. The Morgan fingerprint density at radius 1 is 1.27 bits per heavy atom. The molecule has 2 rings (SSSR count). The number of piperidine rings is 1. The molecule has 1 aliphatic rings. The van der Waals surface area contributed by atoms with Gasteiger partial charge in [-0.05, 0) is 37.8 Å². The quantitative estimate of drug-likeness (QED) is 0.776. The lowest BCUT2D eigenvalue weighted by atomic mass is 9.90. The number of hydrogen-bond acceptors (Lipinski definition) is 4. The average molecular weight is 384 g/mol. The van der Waals surface area contributed by atoms with Gasteiger partial charge >= 0.3 is 5.97 Å². The van der Waals surface area contributed by atoms with Gasteiger partial charge in [-0.25, -0.2) is 0 Å². The Hall–Kier alpha value is -1.95. The fraction of sp³-hybridized carbons (Fsp3) is 0.579. The zero-order valence-electron chi connectivity index (χ0n) is 15.5. The van der Waals surface area contributed by atoms with Gasteiger partial charge in [0.25, 0.3) is 5.91 Å². The molecule has 2 atom stereocenters. The Kier molecular flexibility index (Phi) is 7.14. The molecular formula is C19H26ClNO5. The van der Waals surface area contributed by atoms with Crippen LogP contribution in [0.25, 0.3) is 0 Å². The van der Waals surface area contributed by atoms with Gasteiger partial charge in [0.15, 0.2) is 11.5 Å². The van der Waals surface area contributed by atoms with Crippen molar-refractivity contribution in [2.45, 2.75) is 33.6 Å². The summed E-state index contributed by atoms with van der Waals surface area (Å²) < 4.78 is 11.3. The lowest BCUT2D eigenvalue weighted by Gasteiger charge is -2.34. The van der Waals surface area contributed by atoms with Gasteiger partial charge in [0.1, 0.15) is 0 Å². The zero-order valence-corrected chi connectivity index (χ0v) is 16.2. The number of carbonyl (C=O) groups is 2. The van der Waals surface area contributed by atoms with Crippen LogP contribution in [0, 0.1) is 11.8 Å². The second-order valence-electron chi connectivity index (χ2n) is 6.65. The van der Waals surface area contributed by atoms with Crippen molar-refractivity contribution in [3.8, 4) is 11.5 Å². The van der Waals surface area contributed by atoms with E-state index in [1.165, 1.54) is 0 Å². The number of halogens is 1. The van der Waals surface area contributed by atoms with Gasteiger partial charge < -0.3 is 19.5 Å². The molecule has 1 aromatic carbocycles. The number of likely N-dealkylation sites (tertiary alicyclic amines) is 1. The molecule has 1 fully saturated rings. The molecule has 7 heteroatoms. The van der Waals surface area contributed by atoms with E-state index in [2.05, 4.69) is 0 Å². The molecule has 1 saturated heterocycles. The van der Waals surface area contributed by atoms with Gasteiger partial charge in [-0.2, -0.15) is 0 Å². The van der Waals surface area contributed by atoms with E-state index >= 15 is 0 Å². The molecule has 26 heavy (non-hydrogen) atoms. The van der Waals surface area contributed by atoms with Crippen LogP contribution in [-0.2, 0) is 4.79 Å². The maximum absolute atomic E-state index is 12.9. The molecule has 0 radical (unpaired) electrons. The molecule has 6 nitrogen and oxygen atoms in total. The Bertz CT molecular complexity index is 664. The first-order valence-electron chi connectivity index (χ1n) is 8.98. The molecule has 1 aliphatic heterocycles. The second-order valence-corrected chi connectivity index (χ2v) is 7.06. The number of carbonyl (C=O) groups excluding carboxylic acids is 1. The summed E-state index contributed by atoms with van der Waals surface area (Å²) in [5.41, 5.74) is 0.375. The summed E-state index contributed by atoms with van der Waals surface area (Å²) in [5.74, 6) is -0.670. The van der Waals surface area contributed by atoms with E-state index < -0.39 is 11.9 Å². The largest absolute Gasteiger partial charge is 0.490 e. The van der Waals surface area contributed by atoms with E-state index in [4.69, 9.17) is 21.1 Å². The minimum atomic E-state index is -0.870. The van der Waals surface area contributed by atoms with Crippen molar-refractivity contribution < 1.29 is 24.2 Å². The first-order chi connectivity index (χ1) is 12.4. The van der Waals surface area contributed by atoms with Crippen LogP contribution < -0.4 is 9.47 Å². The first kappa shape index (κ1) is 20.4. The first-order valence-corrected chi connectivity index (χ1v) is 9.36. The van der Waals surface area contributed by atoms with Crippen LogP contribution in [-0.4, -0.2) is 48.2 Å². The number of aliphatic carboxylic acids is 1. The molecule has 1 amide bonds. The van der Waals surface area contributed by atoms with Crippen LogP contribution in [0.5, 0.6) is 11.5 Å². The third kappa shape index (κ3) is 4.81. The number of benzene rings is 1. The second kappa shape index (κ2) is 9.12. The molecule has 2 unspecified atom stereocenters. The van der Waals surface area contributed by atoms with Crippen molar-refractivity contribution in [2.75, 3.05) is 26.3 Å². The van der Waals surface area contributed by atoms with Crippen molar-refractivity contribution >= 4 is 23.5 Å². The van der Waals surface area contributed by atoms with E-state index in [0.29, 0.717) is 48.3 Å². The molecule has 1 aromatic rings. The van der Waals surface area contributed by atoms with Crippen molar-refractivity contribution in [3.63, 3.8) is 0 Å². The Labute approximate surface area is 159 Å². The highest BCUT2D eigenvalue weighted by molar-refractivity contribution is 6.32. The number of hydrogen-bond donors (Lipinski definition) is 1. The predicted molar refractivity (Wildman–Crippen MR) is 99.2 cm³/mol. The number of nitrogens with zero attached hydrogens (tertiary/aromatic N) is 1. The van der Waals surface area contributed by atoms with Crippen molar-refractivity contribution in [1.29, 1.82) is 0 Å². The minimum absolute atomic E-state index is 0.128. The van der Waals surface area contributed by atoms with Crippen LogP contribution in [0.1, 0.15) is 44.0 Å². The average Bonchev–Trinajstić information content (AvgIpc) is 2.60. The lowest BCUT2D eigenvalue weighted by Crippen LogP contribution is -2.45. The highest BCUT2D eigenvalue weighted by Crippen LogP contribution is 2.37. The molecule has 0 spiro atoms. The predicted octanol–water partition coefficient (Wildman–Crippen LogP) is 3.71. The normalized spacial score (nSPS) is 19.9. The van der Waals surface area contributed by atoms with Crippen LogP contribution >= 0.6 is 11.6 Å². The monoisotopic (exact) mass is 383 g/mol. The third-order valence-corrected chi connectivity index (χ3v) is 4.58. The van der Waals surface area contributed by atoms with Crippen LogP contribution in [0.2, 0.25) is 5.02 Å². The SMILES string of the molecule is CCCOc1c(Cl)cc(C(=O)N2CC(C)CC(C(=O)O)C2)cc1OCC. The number of rotatable bonds is 7. The summed E-state index contributed by atoms with van der Waals surface area (Å²) in [6, 6.07) is 3.18. The molecule has 144 valence electrons. The van der Waals surface area contributed by atoms with Crippen LogP contribution in [0.15, 0.2) is 12.1 Å². The summed E-state index contributed by atoms with van der Waals surface area (Å²) in [5, 5.41) is 9.62. The molecule has 0 aromatic heterocycles. The standard InChI is InChI=1S/C19H26ClNO5/c1-4-6-26-17-15(20)8-13(9-16(17)25-5-2)18(22)21-10-12(3)7-14(11-21)19(23)24/h8-9,12,14H,4-7,10-11H2,1-3H3,(H,23,24). The number of ether oxygens (including phenoxy) is 2. The van der Waals surface area contributed by atoms with E-state index in [9.17, 15) is 14.7 Å².